The normalized spacial score (nSPS) is 11.9. The fourth-order valence-electron chi connectivity index (χ4n) is 1.39. The van der Waals surface area contributed by atoms with E-state index in [9.17, 15) is 0 Å². The van der Waals surface area contributed by atoms with Gasteiger partial charge in [-0.25, -0.2) is 0 Å². The van der Waals surface area contributed by atoms with Gasteiger partial charge in [-0.15, -0.1) is 0 Å². The Morgan fingerprint density at radius 3 is 1.62 bits per heavy atom. The van der Waals surface area contributed by atoms with Gasteiger partial charge in [0.1, 0.15) is 5.69 Å². The first-order valence-electron chi connectivity index (χ1n) is 6.75. The molecule has 0 aromatic heterocycles. The lowest BCUT2D eigenvalue weighted by Gasteiger charge is -2.31. The lowest BCUT2D eigenvalue weighted by Crippen LogP contribution is -2.37. The standard InChI is InChI=1S/C13H27BO2/c1-4-7-10-13(14,15-11-8-5-2)16-12-9-6-3/h4-12H2,1-3H3. The highest BCUT2D eigenvalue weighted by atomic mass is 16.7. The van der Waals surface area contributed by atoms with Crippen molar-refractivity contribution in [2.24, 2.45) is 0 Å². The van der Waals surface area contributed by atoms with E-state index in [2.05, 4.69) is 20.8 Å². The van der Waals surface area contributed by atoms with Crippen molar-refractivity contribution in [2.75, 3.05) is 13.2 Å². The van der Waals surface area contributed by atoms with E-state index in [-0.39, 0.29) is 0 Å². The van der Waals surface area contributed by atoms with Crippen LogP contribution in [0.25, 0.3) is 0 Å². The topological polar surface area (TPSA) is 18.5 Å². The Bertz CT molecular complexity index is 141. The quantitative estimate of drug-likeness (QED) is 0.304. The van der Waals surface area contributed by atoms with Gasteiger partial charge < -0.3 is 9.47 Å². The Morgan fingerprint density at radius 2 is 1.25 bits per heavy atom. The highest BCUT2D eigenvalue weighted by Gasteiger charge is 2.23. The Morgan fingerprint density at radius 1 is 0.812 bits per heavy atom. The van der Waals surface area contributed by atoms with Gasteiger partial charge in [-0.05, 0) is 25.7 Å². The minimum atomic E-state index is -0.847. The molecule has 0 unspecified atom stereocenters. The average Bonchev–Trinajstić information content (AvgIpc) is 2.27. The largest absolute Gasteiger partial charge is 0.360 e. The predicted octanol–water partition coefficient (Wildman–Crippen LogP) is 3.63. The Labute approximate surface area is 102 Å². The molecule has 0 aliphatic rings. The molecule has 0 amide bonds. The van der Waals surface area contributed by atoms with E-state index >= 15 is 0 Å². The van der Waals surface area contributed by atoms with Gasteiger partial charge >= 0.3 is 0 Å². The summed E-state index contributed by atoms with van der Waals surface area (Å²) >= 11 is 0. The van der Waals surface area contributed by atoms with Crippen LogP contribution in [0.3, 0.4) is 0 Å². The third kappa shape index (κ3) is 8.17. The van der Waals surface area contributed by atoms with Crippen LogP contribution >= 0.6 is 0 Å². The van der Waals surface area contributed by atoms with Gasteiger partial charge in [0, 0.05) is 13.2 Å². The SMILES string of the molecule is [B]C(CCCC)(OCCCC)OCCCC. The lowest BCUT2D eigenvalue weighted by molar-refractivity contribution is -0.184. The summed E-state index contributed by atoms with van der Waals surface area (Å²) in [4.78, 5) is 0. The van der Waals surface area contributed by atoms with Crippen molar-refractivity contribution < 1.29 is 9.47 Å². The van der Waals surface area contributed by atoms with E-state index in [0.717, 1.165) is 44.9 Å². The maximum atomic E-state index is 6.12. The molecule has 0 heterocycles. The maximum absolute atomic E-state index is 6.12. The molecular weight excluding hydrogens is 199 g/mol. The molecule has 2 nitrogen and oxygen atoms in total. The van der Waals surface area contributed by atoms with E-state index in [1.54, 1.807) is 0 Å². The molecule has 0 spiro atoms. The summed E-state index contributed by atoms with van der Waals surface area (Å²) in [5.41, 5.74) is -0.847. The highest BCUT2D eigenvalue weighted by molar-refractivity contribution is 6.13. The number of hydrogen-bond acceptors (Lipinski definition) is 2. The van der Waals surface area contributed by atoms with E-state index in [0.29, 0.717) is 13.2 Å². The molecular formula is C13H27BO2. The van der Waals surface area contributed by atoms with E-state index in [1.165, 1.54) is 0 Å². The van der Waals surface area contributed by atoms with Crippen LogP contribution in [-0.4, -0.2) is 26.7 Å². The molecule has 0 saturated carbocycles. The van der Waals surface area contributed by atoms with Crippen molar-refractivity contribution in [2.45, 2.75) is 71.4 Å². The Kier molecular flexibility index (Phi) is 10.1. The van der Waals surface area contributed by atoms with Gasteiger partial charge in [0.2, 0.25) is 0 Å². The zero-order valence-corrected chi connectivity index (χ0v) is 11.3. The zero-order chi connectivity index (χ0) is 12.3. The Balaban J connectivity index is 3.91. The van der Waals surface area contributed by atoms with Gasteiger partial charge in [-0.1, -0.05) is 40.0 Å². The molecule has 0 rings (SSSR count). The van der Waals surface area contributed by atoms with Gasteiger partial charge in [-0.2, -0.15) is 0 Å². The predicted molar refractivity (Wildman–Crippen MR) is 69.7 cm³/mol. The summed E-state index contributed by atoms with van der Waals surface area (Å²) in [6, 6.07) is 0. The fraction of sp³-hybridized carbons (Fsp3) is 1.00. The molecule has 94 valence electrons. The second-order valence-corrected chi connectivity index (χ2v) is 4.32. The second-order valence-electron chi connectivity index (χ2n) is 4.32. The smallest absolute Gasteiger partial charge is 0.154 e. The molecule has 0 aliphatic heterocycles. The number of rotatable bonds is 11. The molecule has 0 saturated heterocycles. The average molecular weight is 226 g/mol. The molecule has 16 heavy (non-hydrogen) atoms. The first kappa shape index (κ1) is 16.0. The molecule has 0 aromatic carbocycles. The number of unbranched alkanes of at least 4 members (excludes halogenated alkanes) is 3. The van der Waals surface area contributed by atoms with Crippen molar-refractivity contribution in [3.05, 3.63) is 0 Å². The van der Waals surface area contributed by atoms with Crippen LogP contribution < -0.4 is 0 Å². The van der Waals surface area contributed by atoms with Crippen molar-refractivity contribution in [3.8, 4) is 0 Å². The minimum Gasteiger partial charge on any atom is -0.360 e. The van der Waals surface area contributed by atoms with E-state index in [1.807, 2.05) is 0 Å². The zero-order valence-electron chi connectivity index (χ0n) is 11.3. The second kappa shape index (κ2) is 10.2. The van der Waals surface area contributed by atoms with Crippen molar-refractivity contribution in [3.63, 3.8) is 0 Å². The van der Waals surface area contributed by atoms with E-state index < -0.39 is 5.69 Å². The minimum absolute atomic E-state index is 0.697. The summed E-state index contributed by atoms with van der Waals surface area (Å²) in [6.45, 7) is 7.83. The molecule has 0 N–H and O–H groups in total. The van der Waals surface area contributed by atoms with Crippen LogP contribution in [0.1, 0.15) is 65.7 Å². The summed E-state index contributed by atoms with van der Waals surface area (Å²) < 4.78 is 11.3. The van der Waals surface area contributed by atoms with Crippen LogP contribution in [0.2, 0.25) is 0 Å². The fourth-order valence-corrected chi connectivity index (χ4v) is 1.39. The summed E-state index contributed by atoms with van der Waals surface area (Å²) in [7, 11) is 6.12. The lowest BCUT2D eigenvalue weighted by atomic mass is 9.89. The molecule has 0 bridgehead atoms. The first-order valence-corrected chi connectivity index (χ1v) is 6.75. The summed E-state index contributed by atoms with van der Waals surface area (Å²) in [6.07, 6.45) is 7.29. The van der Waals surface area contributed by atoms with Crippen LogP contribution in [-0.2, 0) is 9.47 Å². The van der Waals surface area contributed by atoms with E-state index in [4.69, 9.17) is 17.3 Å². The van der Waals surface area contributed by atoms with Gasteiger partial charge in [0.15, 0.2) is 7.85 Å². The molecule has 0 atom stereocenters. The first-order chi connectivity index (χ1) is 7.68. The Hall–Kier alpha value is -0.0151. The number of hydrogen-bond donors (Lipinski definition) is 0. The molecule has 2 radical (unpaired) electrons. The maximum Gasteiger partial charge on any atom is 0.154 e. The van der Waals surface area contributed by atoms with Gasteiger partial charge in [0.05, 0.1) is 0 Å². The third-order valence-electron chi connectivity index (χ3n) is 2.57. The van der Waals surface area contributed by atoms with Crippen LogP contribution in [0.5, 0.6) is 0 Å². The monoisotopic (exact) mass is 226 g/mol. The van der Waals surface area contributed by atoms with Gasteiger partial charge in [-0.3, -0.25) is 0 Å². The van der Waals surface area contributed by atoms with Crippen LogP contribution in [0.15, 0.2) is 0 Å². The third-order valence-corrected chi connectivity index (χ3v) is 2.57. The molecule has 3 heteroatoms. The van der Waals surface area contributed by atoms with Crippen molar-refractivity contribution >= 4 is 7.85 Å². The highest BCUT2D eigenvalue weighted by Crippen LogP contribution is 2.18. The molecule has 0 aromatic rings. The summed E-state index contributed by atoms with van der Waals surface area (Å²) in [5, 5.41) is 0. The molecule has 0 aliphatic carbocycles. The number of ether oxygens (including phenoxy) is 2. The van der Waals surface area contributed by atoms with Crippen LogP contribution in [0, 0.1) is 0 Å². The summed E-state index contributed by atoms with van der Waals surface area (Å²) in [5.74, 6) is 0. The van der Waals surface area contributed by atoms with Crippen LogP contribution in [0.4, 0.5) is 0 Å². The van der Waals surface area contributed by atoms with Crippen molar-refractivity contribution in [1.82, 2.24) is 0 Å². The molecule has 0 fully saturated rings. The van der Waals surface area contributed by atoms with Gasteiger partial charge in [0.25, 0.3) is 0 Å². The van der Waals surface area contributed by atoms with Crippen molar-refractivity contribution in [1.29, 1.82) is 0 Å².